The predicted molar refractivity (Wildman–Crippen MR) is 88.0 cm³/mol. The normalized spacial score (nSPS) is 38.5. The lowest BCUT2D eigenvalue weighted by Gasteiger charge is -2.57. The van der Waals surface area contributed by atoms with Crippen molar-refractivity contribution in [3.8, 4) is 0 Å². The van der Waals surface area contributed by atoms with Gasteiger partial charge in [-0.15, -0.1) is 0 Å². The molecule has 0 bridgehead atoms. The zero-order valence-electron chi connectivity index (χ0n) is 14.3. The summed E-state index contributed by atoms with van der Waals surface area (Å²) >= 11 is 0. The zero-order valence-corrected chi connectivity index (χ0v) is 14.3. The predicted octanol–water partition coefficient (Wildman–Crippen LogP) is 5.32. The van der Waals surface area contributed by atoms with E-state index in [1.807, 2.05) is 0 Å². The maximum absolute atomic E-state index is 12.4. The van der Waals surface area contributed by atoms with E-state index in [0.717, 1.165) is 19.3 Å². The van der Waals surface area contributed by atoms with Crippen LogP contribution in [0.3, 0.4) is 0 Å². The molecule has 0 N–H and O–H groups in total. The topological polar surface area (TPSA) is 17.1 Å². The average molecular weight is 286 g/mol. The minimum absolute atomic E-state index is 0.161. The van der Waals surface area contributed by atoms with E-state index < -0.39 is 0 Å². The summed E-state index contributed by atoms with van der Waals surface area (Å²) in [5.41, 5.74) is 3.48. The summed E-state index contributed by atoms with van der Waals surface area (Å²) in [7, 11) is 0. The van der Waals surface area contributed by atoms with Crippen molar-refractivity contribution in [2.75, 3.05) is 0 Å². The molecule has 3 aliphatic rings. The summed E-state index contributed by atoms with van der Waals surface area (Å²) in [5.74, 6) is 2.40. The van der Waals surface area contributed by atoms with Crippen molar-refractivity contribution in [1.29, 1.82) is 0 Å². The molecule has 1 nitrogen and oxygen atoms in total. The van der Waals surface area contributed by atoms with Crippen LogP contribution in [0.15, 0.2) is 23.3 Å². The summed E-state index contributed by atoms with van der Waals surface area (Å²) in [4.78, 5) is 12.4. The fraction of sp³-hybridized carbons (Fsp3) is 0.750. The summed E-state index contributed by atoms with van der Waals surface area (Å²) in [5, 5.41) is 0. The molecule has 116 valence electrons. The number of Topliss-reactive ketones (excluding diaryl/α,β-unsaturated/α-hetero) is 1. The van der Waals surface area contributed by atoms with Crippen LogP contribution in [-0.4, -0.2) is 5.78 Å². The second-order valence-corrected chi connectivity index (χ2v) is 8.84. The molecule has 3 aliphatic carbocycles. The van der Waals surface area contributed by atoms with Gasteiger partial charge in [0, 0.05) is 12.8 Å². The van der Waals surface area contributed by atoms with E-state index in [1.165, 1.54) is 18.4 Å². The third-order valence-corrected chi connectivity index (χ3v) is 6.57. The summed E-state index contributed by atoms with van der Waals surface area (Å²) in [6.45, 7) is 11.6. The van der Waals surface area contributed by atoms with Gasteiger partial charge in [-0.2, -0.15) is 0 Å². The molecule has 0 amide bonds. The highest BCUT2D eigenvalue weighted by Gasteiger charge is 2.54. The molecule has 0 aromatic rings. The van der Waals surface area contributed by atoms with E-state index in [0.29, 0.717) is 23.5 Å². The number of rotatable bonds is 1. The first-order valence-corrected chi connectivity index (χ1v) is 8.66. The Bertz CT molecular complexity index is 520. The Morgan fingerprint density at radius 3 is 2.57 bits per heavy atom. The molecular weight excluding hydrogens is 256 g/mol. The maximum Gasteiger partial charge on any atom is 0.134 e. The number of ketones is 1. The lowest BCUT2D eigenvalue weighted by molar-refractivity contribution is -0.136. The minimum Gasteiger partial charge on any atom is -0.300 e. The highest BCUT2D eigenvalue weighted by atomic mass is 16.1. The largest absolute Gasteiger partial charge is 0.300 e. The number of fused-ring (bicyclic) bond motifs is 3. The average Bonchev–Trinajstić information content (AvgIpc) is 2.35. The van der Waals surface area contributed by atoms with Crippen molar-refractivity contribution in [2.24, 2.45) is 28.6 Å². The highest BCUT2D eigenvalue weighted by Crippen LogP contribution is 2.61. The first-order chi connectivity index (χ1) is 9.74. The van der Waals surface area contributed by atoms with Crippen molar-refractivity contribution in [2.45, 2.75) is 66.7 Å². The van der Waals surface area contributed by atoms with Gasteiger partial charge in [0.05, 0.1) is 0 Å². The van der Waals surface area contributed by atoms with E-state index in [2.05, 4.69) is 46.8 Å². The molecule has 0 radical (unpaired) electrons. The fourth-order valence-corrected chi connectivity index (χ4v) is 5.57. The SMILES string of the molecule is CC(C)C1=CC2=CC[C@H]3C(C)(C)CC(=O)C[C@]3(C)[C@H]2CC1. The van der Waals surface area contributed by atoms with E-state index in [4.69, 9.17) is 0 Å². The molecule has 0 aliphatic heterocycles. The molecule has 0 saturated heterocycles. The molecule has 0 heterocycles. The molecule has 0 aromatic carbocycles. The molecule has 21 heavy (non-hydrogen) atoms. The van der Waals surface area contributed by atoms with Crippen LogP contribution in [0.4, 0.5) is 0 Å². The number of hydrogen-bond acceptors (Lipinski definition) is 1. The van der Waals surface area contributed by atoms with E-state index in [1.54, 1.807) is 5.57 Å². The van der Waals surface area contributed by atoms with Gasteiger partial charge in [0.15, 0.2) is 0 Å². The molecule has 3 atom stereocenters. The monoisotopic (exact) mass is 286 g/mol. The van der Waals surface area contributed by atoms with Gasteiger partial charge in [-0.1, -0.05) is 52.3 Å². The van der Waals surface area contributed by atoms with E-state index in [-0.39, 0.29) is 10.8 Å². The first kappa shape index (κ1) is 15.1. The van der Waals surface area contributed by atoms with Crippen LogP contribution < -0.4 is 0 Å². The number of allylic oxidation sites excluding steroid dienone is 4. The third kappa shape index (κ3) is 2.33. The van der Waals surface area contributed by atoms with Crippen LogP contribution in [0.25, 0.3) is 0 Å². The Balaban J connectivity index is 2.00. The molecule has 1 saturated carbocycles. The van der Waals surface area contributed by atoms with Crippen molar-refractivity contribution in [3.05, 3.63) is 23.3 Å². The molecular formula is C20H30O. The van der Waals surface area contributed by atoms with Crippen molar-refractivity contribution >= 4 is 5.78 Å². The van der Waals surface area contributed by atoms with Crippen LogP contribution in [0, 0.1) is 28.6 Å². The van der Waals surface area contributed by atoms with Crippen LogP contribution in [-0.2, 0) is 4.79 Å². The standard InChI is InChI=1S/C20H30O/c1-13(2)14-6-8-17-15(10-14)7-9-18-19(3,4)11-16(21)12-20(17,18)5/h7,10,13,17-18H,6,8-9,11-12H2,1-5H3/t17-,18-,20+/m0/s1. The summed E-state index contributed by atoms with van der Waals surface area (Å²) in [6, 6.07) is 0. The van der Waals surface area contributed by atoms with Crippen LogP contribution in [0.5, 0.6) is 0 Å². The first-order valence-electron chi connectivity index (χ1n) is 8.66. The number of carbonyl (C=O) groups excluding carboxylic acids is 1. The van der Waals surface area contributed by atoms with E-state index in [9.17, 15) is 4.79 Å². The Kier molecular flexibility index (Phi) is 3.46. The quantitative estimate of drug-likeness (QED) is 0.637. The van der Waals surface area contributed by atoms with Gasteiger partial charge in [-0.05, 0) is 53.4 Å². The van der Waals surface area contributed by atoms with Crippen molar-refractivity contribution in [3.63, 3.8) is 0 Å². The third-order valence-electron chi connectivity index (χ3n) is 6.57. The van der Waals surface area contributed by atoms with Gasteiger partial charge in [0.2, 0.25) is 0 Å². The Morgan fingerprint density at radius 1 is 1.19 bits per heavy atom. The molecule has 0 spiro atoms. The number of hydrogen-bond donors (Lipinski definition) is 0. The van der Waals surface area contributed by atoms with Crippen molar-refractivity contribution < 1.29 is 4.79 Å². The van der Waals surface area contributed by atoms with Gasteiger partial charge in [0.1, 0.15) is 5.78 Å². The van der Waals surface area contributed by atoms with E-state index >= 15 is 0 Å². The van der Waals surface area contributed by atoms with Gasteiger partial charge < -0.3 is 0 Å². The Hall–Kier alpha value is -0.850. The molecule has 3 rings (SSSR count). The minimum atomic E-state index is 0.161. The van der Waals surface area contributed by atoms with Gasteiger partial charge in [-0.25, -0.2) is 0 Å². The van der Waals surface area contributed by atoms with Gasteiger partial charge >= 0.3 is 0 Å². The van der Waals surface area contributed by atoms with Crippen LogP contribution >= 0.6 is 0 Å². The molecule has 1 fully saturated rings. The lowest BCUT2D eigenvalue weighted by atomic mass is 9.47. The summed E-state index contributed by atoms with van der Waals surface area (Å²) in [6.07, 6.45) is 10.2. The van der Waals surface area contributed by atoms with Crippen molar-refractivity contribution in [1.82, 2.24) is 0 Å². The zero-order chi connectivity index (χ0) is 15.4. The highest BCUT2D eigenvalue weighted by molar-refractivity contribution is 5.81. The second kappa shape index (κ2) is 4.83. The molecule has 0 unspecified atom stereocenters. The summed E-state index contributed by atoms with van der Waals surface area (Å²) < 4.78 is 0. The van der Waals surface area contributed by atoms with Crippen LogP contribution in [0.1, 0.15) is 66.7 Å². The van der Waals surface area contributed by atoms with Gasteiger partial charge in [0.25, 0.3) is 0 Å². The van der Waals surface area contributed by atoms with Gasteiger partial charge in [-0.3, -0.25) is 4.79 Å². The fourth-order valence-electron chi connectivity index (χ4n) is 5.57. The molecule has 0 aromatic heterocycles. The maximum atomic E-state index is 12.4. The second-order valence-electron chi connectivity index (χ2n) is 8.84. The van der Waals surface area contributed by atoms with Crippen LogP contribution in [0.2, 0.25) is 0 Å². The number of carbonyl (C=O) groups is 1. The Labute approximate surface area is 129 Å². The Morgan fingerprint density at radius 2 is 1.90 bits per heavy atom. The lowest BCUT2D eigenvalue weighted by Crippen LogP contribution is -2.51. The molecule has 1 heteroatoms. The smallest absolute Gasteiger partial charge is 0.134 e.